The van der Waals surface area contributed by atoms with Crippen LogP contribution in [0.25, 0.3) is 20.8 Å². The molecule has 3 aromatic rings. The highest BCUT2D eigenvalue weighted by Gasteiger charge is 2.18. The molecular formula is C23H26N4OS. The summed E-state index contributed by atoms with van der Waals surface area (Å²) in [6, 6.07) is 9.63. The second kappa shape index (κ2) is 8.17. The number of hydrogen-bond acceptors (Lipinski definition) is 5. The van der Waals surface area contributed by atoms with E-state index < -0.39 is 0 Å². The fraction of sp³-hybridized carbons (Fsp3) is 0.261. The van der Waals surface area contributed by atoms with Crippen LogP contribution in [0.4, 0.5) is 5.69 Å². The molecule has 0 aliphatic heterocycles. The van der Waals surface area contributed by atoms with E-state index in [1.54, 1.807) is 22.4 Å². The molecule has 0 aliphatic rings. The third-order valence-electron chi connectivity index (χ3n) is 4.55. The van der Waals surface area contributed by atoms with Gasteiger partial charge >= 0.3 is 0 Å². The van der Waals surface area contributed by atoms with Crippen LogP contribution in [0.15, 0.2) is 66.7 Å². The minimum Gasteiger partial charge on any atom is -0.373 e. The standard InChI is InChI=1S/C23H26N4OS/c1-15(23(2,3)4)12-19(27(5)6)21(28)25-17-9-7-8-16(13-17)22-26-18-10-11-24-14-20(18)29-22/h7-14H,1H2,2-6H3,(H,25,28)/b19-12-. The topological polar surface area (TPSA) is 58.1 Å². The summed E-state index contributed by atoms with van der Waals surface area (Å²) >= 11 is 1.58. The highest BCUT2D eigenvalue weighted by Crippen LogP contribution is 2.31. The SMILES string of the molecule is C=C(/C=C(/C(=O)Nc1cccc(-c2nc3ccncc3s2)c1)N(C)C)C(C)(C)C. The molecule has 1 N–H and O–H groups in total. The van der Waals surface area contributed by atoms with Crippen LogP contribution < -0.4 is 5.32 Å². The quantitative estimate of drug-likeness (QED) is 0.459. The predicted octanol–water partition coefficient (Wildman–Crippen LogP) is 5.34. The van der Waals surface area contributed by atoms with Gasteiger partial charge in [-0.1, -0.05) is 39.5 Å². The van der Waals surface area contributed by atoms with Gasteiger partial charge in [0.25, 0.3) is 5.91 Å². The molecule has 0 spiro atoms. The molecule has 0 atom stereocenters. The van der Waals surface area contributed by atoms with Crippen LogP contribution >= 0.6 is 11.3 Å². The number of likely N-dealkylation sites (N-methyl/N-ethyl adjacent to an activating group) is 1. The molecule has 0 bridgehead atoms. The summed E-state index contributed by atoms with van der Waals surface area (Å²) in [6.07, 6.45) is 5.40. The molecule has 1 amide bonds. The number of pyridine rings is 1. The number of carbonyl (C=O) groups excluding carboxylic acids is 1. The lowest BCUT2D eigenvalue weighted by Gasteiger charge is -2.23. The average Bonchev–Trinajstić information content (AvgIpc) is 3.09. The number of nitrogens with zero attached hydrogens (tertiary/aromatic N) is 3. The van der Waals surface area contributed by atoms with Crippen molar-refractivity contribution < 1.29 is 4.79 Å². The van der Waals surface area contributed by atoms with Gasteiger partial charge in [0, 0.05) is 37.7 Å². The molecule has 0 radical (unpaired) electrons. The third-order valence-corrected chi connectivity index (χ3v) is 5.60. The van der Waals surface area contributed by atoms with Gasteiger partial charge in [0.2, 0.25) is 0 Å². The lowest BCUT2D eigenvalue weighted by molar-refractivity contribution is -0.114. The molecule has 0 aliphatic carbocycles. The number of thiazole rings is 1. The normalized spacial score (nSPS) is 12.1. The first-order valence-electron chi connectivity index (χ1n) is 9.36. The van der Waals surface area contributed by atoms with Gasteiger partial charge in [0.15, 0.2) is 0 Å². The van der Waals surface area contributed by atoms with E-state index in [1.807, 2.05) is 56.7 Å². The fourth-order valence-corrected chi connectivity index (χ4v) is 3.54. The van der Waals surface area contributed by atoms with Gasteiger partial charge in [0.1, 0.15) is 10.7 Å². The number of nitrogens with one attached hydrogen (secondary N) is 1. The smallest absolute Gasteiger partial charge is 0.271 e. The molecule has 2 aromatic heterocycles. The number of rotatable bonds is 5. The molecule has 5 nitrogen and oxygen atoms in total. The largest absolute Gasteiger partial charge is 0.373 e. The first-order valence-corrected chi connectivity index (χ1v) is 10.2. The zero-order valence-electron chi connectivity index (χ0n) is 17.5. The molecule has 0 saturated heterocycles. The Labute approximate surface area is 175 Å². The van der Waals surface area contributed by atoms with Gasteiger partial charge in [-0.2, -0.15) is 0 Å². The van der Waals surface area contributed by atoms with Crippen molar-refractivity contribution in [3.63, 3.8) is 0 Å². The fourth-order valence-electron chi connectivity index (χ4n) is 2.61. The maximum absolute atomic E-state index is 12.9. The van der Waals surface area contributed by atoms with Gasteiger partial charge in [-0.25, -0.2) is 4.98 Å². The zero-order valence-corrected chi connectivity index (χ0v) is 18.3. The van der Waals surface area contributed by atoms with Crippen LogP contribution in [0.1, 0.15) is 20.8 Å². The number of hydrogen-bond donors (Lipinski definition) is 1. The zero-order chi connectivity index (χ0) is 21.2. The van der Waals surface area contributed by atoms with E-state index in [0.717, 1.165) is 32.0 Å². The van der Waals surface area contributed by atoms with E-state index in [2.05, 4.69) is 42.6 Å². The third kappa shape index (κ3) is 4.90. The van der Waals surface area contributed by atoms with Crippen molar-refractivity contribution in [3.05, 3.63) is 66.7 Å². The van der Waals surface area contributed by atoms with Crippen molar-refractivity contribution in [2.24, 2.45) is 5.41 Å². The highest BCUT2D eigenvalue weighted by molar-refractivity contribution is 7.21. The van der Waals surface area contributed by atoms with E-state index >= 15 is 0 Å². The van der Waals surface area contributed by atoms with E-state index in [9.17, 15) is 4.79 Å². The summed E-state index contributed by atoms with van der Waals surface area (Å²) in [5.74, 6) is -0.175. The molecule has 1 aromatic carbocycles. The summed E-state index contributed by atoms with van der Waals surface area (Å²) in [4.78, 5) is 23.5. The van der Waals surface area contributed by atoms with E-state index in [-0.39, 0.29) is 11.3 Å². The van der Waals surface area contributed by atoms with Crippen LogP contribution in [-0.2, 0) is 4.79 Å². The maximum atomic E-state index is 12.9. The Hall–Kier alpha value is -2.99. The summed E-state index contributed by atoms with van der Waals surface area (Å²) in [6.45, 7) is 10.3. The maximum Gasteiger partial charge on any atom is 0.271 e. The Bertz CT molecular complexity index is 1060. The van der Waals surface area contributed by atoms with Gasteiger partial charge in [-0.15, -0.1) is 11.3 Å². The first-order chi connectivity index (χ1) is 13.6. The predicted molar refractivity (Wildman–Crippen MR) is 122 cm³/mol. The minimum atomic E-state index is -0.175. The van der Waals surface area contributed by atoms with Crippen molar-refractivity contribution in [1.29, 1.82) is 0 Å². The lowest BCUT2D eigenvalue weighted by Crippen LogP contribution is -2.26. The summed E-state index contributed by atoms with van der Waals surface area (Å²) in [5, 5.41) is 3.90. The molecule has 29 heavy (non-hydrogen) atoms. The lowest BCUT2D eigenvalue weighted by atomic mass is 9.87. The Morgan fingerprint density at radius 2 is 2.00 bits per heavy atom. The second-order valence-electron chi connectivity index (χ2n) is 8.10. The Kier molecular flexibility index (Phi) is 5.84. The van der Waals surface area contributed by atoms with Gasteiger partial charge < -0.3 is 10.2 Å². The number of aromatic nitrogens is 2. The minimum absolute atomic E-state index is 0.108. The van der Waals surface area contributed by atoms with Crippen LogP contribution in [0, 0.1) is 5.41 Å². The van der Waals surface area contributed by atoms with Crippen LogP contribution in [0.5, 0.6) is 0 Å². The monoisotopic (exact) mass is 406 g/mol. The number of allylic oxidation sites excluding steroid dienone is 2. The Morgan fingerprint density at radius 3 is 2.66 bits per heavy atom. The van der Waals surface area contributed by atoms with Crippen LogP contribution in [0.2, 0.25) is 0 Å². The van der Waals surface area contributed by atoms with Crippen molar-refractivity contribution in [2.75, 3.05) is 19.4 Å². The number of amides is 1. The summed E-state index contributed by atoms with van der Waals surface area (Å²) in [7, 11) is 3.71. The molecule has 150 valence electrons. The van der Waals surface area contributed by atoms with E-state index in [4.69, 9.17) is 0 Å². The second-order valence-corrected chi connectivity index (χ2v) is 9.13. The number of fused-ring (bicyclic) bond motifs is 1. The molecule has 0 saturated carbocycles. The van der Waals surface area contributed by atoms with E-state index in [1.165, 1.54) is 0 Å². The average molecular weight is 407 g/mol. The highest BCUT2D eigenvalue weighted by atomic mass is 32.1. The van der Waals surface area contributed by atoms with Gasteiger partial charge in [-0.3, -0.25) is 9.78 Å². The molecule has 0 unspecified atom stereocenters. The Balaban J connectivity index is 1.86. The van der Waals surface area contributed by atoms with Crippen molar-refractivity contribution >= 4 is 33.1 Å². The van der Waals surface area contributed by atoms with Crippen molar-refractivity contribution in [1.82, 2.24) is 14.9 Å². The number of benzene rings is 1. The van der Waals surface area contributed by atoms with E-state index in [0.29, 0.717) is 5.70 Å². The summed E-state index contributed by atoms with van der Waals surface area (Å²) < 4.78 is 1.04. The molecular weight excluding hydrogens is 380 g/mol. The number of carbonyl (C=O) groups is 1. The van der Waals surface area contributed by atoms with Crippen molar-refractivity contribution in [3.8, 4) is 10.6 Å². The van der Waals surface area contributed by atoms with Gasteiger partial charge in [0.05, 0.1) is 10.2 Å². The first kappa shape index (κ1) is 20.7. The van der Waals surface area contributed by atoms with Crippen LogP contribution in [0.3, 0.4) is 0 Å². The molecule has 3 rings (SSSR count). The van der Waals surface area contributed by atoms with Crippen LogP contribution in [-0.4, -0.2) is 34.9 Å². The van der Waals surface area contributed by atoms with Crippen molar-refractivity contribution in [2.45, 2.75) is 20.8 Å². The van der Waals surface area contributed by atoms with Gasteiger partial charge in [-0.05, 0) is 35.3 Å². The number of anilines is 1. The molecule has 6 heteroatoms. The Morgan fingerprint density at radius 1 is 1.24 bits per heavy atom. The molecule has 0 fully saturated rings. The summed E-state index contributed by atoms with van der Waals surface area (Å²) in [5.41, 5.74) is 3.95. The molecule has 2 heterocycles.